The number of unbranched alkanes of at least 4 members (excludes halogenated alkanes) is 3. The molecule has 0 atom stereocenters. The topological polar surface area (TPSA) is 94.9 Å². The van der Waals surface area contributed by atoms with Crippen molar-refractivity contribution < 1.29 is 23.4 Å². The molecule has 1 aromatic rings. The maximum atomic E-state index is 12.5. The van der Waals surface area contributed by atoms with Gasteiger partial charge in [-0.3, -0.25) is 0 Å². The minimum atomic E-state index is -3.73. The first-order valence-electron chi connectivity index (χ1n) is 6.86. The van der Waals surface area contributed by atoms with Crippen LogP contribution in [0.15, 0.2) is 15.7 Å². The fourth-order valence-corrected chi connectivity index (χ4v) is 4.65. The third-order valence-electron chi connectivity index (χ3n) is 3.03. The Morgan fingerprint density at radius 1 is 1.29 bits per heavy atom. The number of hydrogen-bond acceptors (Lipinski definition) is 5. The van der Waals surface area contributed by atoms with Gasteiger partial charge >= 0.3 is 5.97 Å². The first kappa shape index (κ1) is 18.1. The summed E-state index contributed by atoms with van der Waals surface area (Å²) in [5.41, 5.74) is -0.0338. The van der Waals surface area contributed by atoms with E-state index in [0.29, 0.717) is 6.54 Å². The second-order valence-corrected chi connectivity index (χ2v) is 7.72. The van der Waals surface area contributed by atoms with Gasteiger partial charge < -0.3 is 10.2 Å². The van der Waals surface area contributed by atoms with E-state index in [9.17, 15) is 13.2 Å². The van der Waals surface area contributed by atoms with Crippen LogP contribution in [0.3, 0.4) is 0 Å². The van der Waals surface area contributed by atoms with Crippen LogP contribution < -0.4 is 0 Å². The molecule has 0 aromatic carbocycles. The van der Waals surface area contributed by atoms with Crippen LogP contribution in [0, 0.1) is 0 Å². The van der Waals surface area contributed by atoms with Gasteiger partial charge in [0.1, 0.15) is 4.21 Å². The number of thiophene rings is 1. The van der Waals surface area contributed by atoms with Gasteiger partial charge in [-0.1, -0.05) is 26.2 Å². The van der Waals surface area contributed by atoms with Crippen molar-refractivity contribution in [3.63, 3.8) is 0 Å². The van der Waals surface area contributed by atoms with E-state index < -0.39 is 16.0 Å². The molecule has 1 heterocycles. The first-order valence-corrected chi connectivity index (χ1v) is 9.18. The Bertz CT molecular complexity index is 553. The molecular weight excluding hydrogens is 314 g/mol. The Labute approximate surface area is 129 Å². The molecule has 8 heteroatoms. The smallest absolute Gasteiger partial charge is 0.336 e. The zero-order valence-electron chi connectivity index (χ0n) is 12.0. The normalized spacial score (nSPS) is 12.0. The predicted molar refractivity (Wildman–Crippen MR) is 81.3 cm³/mol. The minimum Gasteiger partial charge on any atom is -0.478 e. The molecule has 0 unspecified atom stereocenters. The van der Waals surface area contributed by atoms with Crippen LogP contribution >= 0.6 is 11.3 Å². The molecule has 0 spiro atoms. The fourth-order valence-electron chi connectivity index (χ4n) is 1.87. The maximum Gasteiger partial charge on any atom is 0.336 e. The molecule has 0 radical (unpaired) electrons. The molecule has 0 amide bonds. The highest BCUT2D eigenvalue weighted by molar-refractivity contribution is 7.91. The molecular formula is C13H21NO5S2. The summed E-state index contributed by atoms with van der Waals surface area (Å²) in [4.78, 5) is 10.8. The van der Waals surface area contributed by atoms with E-state index >= 15 is 0 Å². The summed E-state index contributed by atoms with van der Waals surface area (Å²) in [5, 5.41) is 19.2. The molecule has 0 aliphatic rings. The number of carbonyl (C=O) groups is 1. The van der Waals surface area contributed by atoms with Crippen molar-refractivity contribution >= 4 is 27.3 Å². The molecule has 1 rings (SSSR count). The van der Waals surface area contributed by atoms with Crippen LogP contribution in [0.5, 0.6) is 0 Å². The Kier molecular flexibility index (Phi) is 7.30. The predicted octanol–water partition coefficient (Wildman–Crippen LogP) is 2.01. The third kappa shape index (κ3) is 5.06. The van der Waals surface area contributed by atoms with Gasteiger partial charge in [-0.15, -0.1) is 11.3 Å². The number of aliphatic hydroxyl groups is 1. The highest BCUT2D eigenvalue weighted by atomic mass is 32.2. The molecule has 120 valence electrons. The lowest BCUT2D eigenvalue weighted by Gasteiger charge is -2.20. The van der Waals surface area contributed by atoms with E-state index in [1.54, 1.807) is 0 Å². The van der Waals surface area contributed by atoms with Gasteiger partial charge in [0.05, 0.1) is 12.2 Å². The zero-order chi connectivity index (χ0) is 15.9. The first-order chi connectivity index (χ1) is 9.93. The van der Waals surface area contributed by atoms with Crippen LogP contribution in [0.25, 0.3) is 0 Å². The summed E-state index contributed by atoms with van der Waals surface area (Å²) in [5.74, 6) is -1.15. The van der Waals surface area contributed by atoms with E-state index in [4.69, 9.17) is 10.2 Å². The van der Waals surface area contributed by atoms with E-state index in [-0.39, 0.29) is 22.9 Å². The molecule has 21 heavy (non-hydrogen) atoms. The number of nitrogens with zero attached hydrogens (tertiary/aromatic N) is 1. The van der Waals surface area contributed by atoms with Gasteiger partial charge in [-0.05, 0) is 12.5 Å². The summed E-state index contributed by atoms with van der Waals surface area (Å²) in [6, 6.07) is 1.17. The molecule has 2 N–H and O–H groups in total. The van der Waals surface area contributed by atoms with E-state index in [2.05, 4.69) is 6.92 Å². The van der Waals surface area contributed by atoms with Crippen LogP contribution in [0.4, 0.5) is 0 Å². The van der Waals surface area contributed by atoms with Crippen molar-refractivity contribution in [3.8, 4) is 0 Å². The molecule has 1 aromatic heterocycles. The Morgan fingerprint density at radius 2 is 2.00 bits per heavy atom. The van der Waals surface area contributed by atoms with Gasteiger partial charge in [0, 0.05) is 18.5 Å². The number of carboxylic acid groups (broad SMARTS) is 1. The number of carboxylic acids is 1. The molecule has 0 saturated heterocycles. The lowest BCUT2D eigenvalue weighted by atomic mass is 10.2. The quantitative estimate of drug-likeness (QED) is 0.638. The molecule has 0 aliphatic heterocycles. The Balaban J connectivity index is 2.84. The van der Waals surface area contributed by atoms with Crippen molar-refractivity contribution in [2.45, 2.75) is 36.8 Å². The van der Waals surface area contributed by atoms with Crippen LogP contribution in [0.2, 0.25) is 0 Å². The van der Waals surface area contributed by atoms with Crippen molar-refractivity contribution in [2.75, 3.05) is 19.7 Å². The van der Waals surface area contributed by atoms with Crippen LogP contribution in [0.1, 0.15) is 43.0 Å². The largest absolute Gasteiger partial charge is 0.478 e. The van der Waals surface area contributed by atoms with Gasteiger partial charge in [0.2, 0.25) is 0 Å². The monoisotopic (exact) mass is 335 g/mol. The average Bonchev–Trinajstić information content (AvgIpc) is 2.92. The molecule has 0 aliphatic carbocycles. The third-order valence-corrected chi connectivity index (χ3v) is 6.34. The summed E-state index contributed by atoms with van der Waals surface area (Å²) >= 11 is 0.891. The number of sulfonamides is 1. The molecule has 0 saturated carbocycles. The maximum absolute atomic E-state index is 12.5. The van der Waals surface area contributed by atoms with Gasteiger partial charge in [0.25, 0.3) is 10.0 Å². The zero-order valence-corrected chi connectivity index (χ0v) is 13.6. The second kappa shape index (κ2) is 8.47. The number of hydrogen-bond donors (Lipinski definition) is 2. The van der Waals surface area contributed by atoms with Crippen molar-refractivity contribution in [1.82, 2.24) is 4.31 Å². The number of rotatable bonds is 10. The van der Waals surface area contributed by atoms with Crippen LogP contribution in [-0.4, -0.2) is 48.6 Å². The summed E-state index contributed by atoms with van der Waals surface area (Å²) < 4.78 is 26.1. The van der Waals surface area contributed by atoms with E-state index in [1.165, 1.54) is 15.8 Å². The Morgan fingerprint density at radius 3 is 2.52 bits per heavy atom. The SMILES string of the molecule is CCCCCCN(CCO)S(=O)(=O)c1cc(C(=O)O)cs1. The standard InChI is InChI=1S/C13H21NO5S2/c1-2-3-4-5-6-14(7-8-15)21(18,19)12-9-11(10-20-12)13(16)17/h9-10,15H,2-8H2,1H3,(H,16,17). The summed E-state index contributed by atoms with van der Waals surface area (Å²) in [6.07, 6.45) is 3.75. The lowest BCUT2D eigenvalue weighted by Crippen LogP contribution is -2.34. The summed E-state index contributed by atoms with van der Waals surface area (Å²) in [6.45, 7) is 2.17. The summed E-state index contributed by atoms with van der Waals surface area (Å²) in [7, 11) is -3.73. The van der Waals surface area contributed by atoms with Crippen molar-refractivity contribution in [3.05, 3.63) is 17.0 Å². The van der Waals surface area contributed by atoms with Crippen molar-refractivity contribution in [2.24, 2.45) is 0 Å². The van der Waals surface area contributed by atoms with Crippen molar-refractivity contribution in [1.29, 1.82) is 0 Å². The highest BCUT2D eigenvalue weighted by Gasteiger charge is 2.26. The highest BCUT2D eigenvalue weighted by Crippen LogP contribution is 2.24. The van der Waals surface area contributed by atoms with Gasteiger partial charge in [-0.2, -0.15) is 4.31 Å². The minimum absolute atomic E-state index is 0.00356. The number of aliphatic hydroxyl groups excluding tert-OH is 1. The Hall–Kier alpha value is -0.960. The molecule has 0 fully saturated rings. The van der Waals surface area contributed by atoms with Gasteiger partial charge in [0.15, 0.2) is 0 Å². The van der Waals surface area contributed by atoms with Crippen LogP contribution in [-0.2, 0) is 10.0 Å². The lowest BCUT2D eigenvalue weighted by molar-refractivity contribution is 0.0697. The van der Waals surface area contributed by atoms with E-state index in [1.807, 2.05) is 0 Å². The molecule has 6 nitrogen and oxygen atoms in total. The van der Waals surface area contributed by atoms with E-state index in [0.717, 1.165) is 37.0 Å². The fraction of sp³-hybridized carbons (Fsp3) is 0.615. The molecule has 0 bridgehead atoms. The number of aromatic carboxylic acids is 1. The van der Waals surface area contributed by atoms with Gasteiger partial charge in [-0.25, -0.2) is 13.2 Å². The average molecular weight is 335 g/mol. The second-order valence-electron chi connectivity index (χ2n) is 4.65.